The first-order valence-corrected chi connectivity index (χ1v) is 10.5. The van der Waals surface area contributed by atoms with Crippen LogP contribution in [-0.2, 0) is 0 Å². The summed E-state index contributed by atoms with van der Waals surface area (Å²) in [6.45, 7) is 0. The molecule has 0 aromatic carbocycles. The summed E-state index contributed by atoms with van der Waals surface area (Å²) in [5.74, 6) is 0.886. The van der Waals surface area contributed by atoms with Crippen LogP contribution in [0.2, 0.25) is 6.04 Å². The van der Waals surface area contributed by atoms with Crippen molar-refractivity contribution >= 4 is 39.2 Å². The highest BCUT2D eigenvalue weighted by atomic mass is 35.8. The first-order chi connectivity index (χ1) is 6.58. The van der Waals surface area contributed by atoms with Crippen molar-refractivity contribution in [3.8, 4) is 0 Å². The molecule has 0 atom stereocenters. The van der Waals surface area contributed by atoms with Gasteiger partial charge in [0.05, 0.1) is 0 Å². The molecule has 0 aliphatic heterocycles. The Morgan fingerprint density at radius 1 is 1.00 bits per heavy atom. The van der Waals surface area contributed by atoms with Crippen LogP contribution in [0.1, 0.15) is 38.5 Å². The van der Waals surface area contributed by atoms with Crippen LogP contribution < -0.4 is 0 Å². The van der Waals surface area contributed by atoms with Crippen LogP contribution in [0.5, 0.6) is 0 Å². The SMILES string of the molecule is Cl[Si](Cl)(Cl)C/C=C\CC1CCCCC1. The van der Waals surface area contributed by atoms with E-state index in [0.29, 0.717) is 6.04 Å². The van der Waals surface area contributed by atoms with E-state index in [1.165, 1.54) is 38.5 Å². The molecule has 0 spiro atoms. The van der Waals surface area contributed by atoms with E-state index in [2.05, 4.69) is 6.08 Å². The molecule has 1 saturated carbocycles. The molecular formula is C10H17Cl3Si. The zero-order chi connectivity index (χ0) is 10.4. The van der Waals surface area contributed by atoms with Gasteiger partial charge in [-0.2, -0.15) is 0 Å². The van der Waals surface area contributed by atoms with E-state index in [-0.39, 0.29) is 0 Å². The van der Waals surface area contributed by atoms with Crippen molar-refractivity contribution in [2.75, 3.05) is 0 Å². The van der Waals surface area contributed by atoms with Crippen molar-refractivity contribution < 1.29 is 0 Å². The molecule has 0 radical (unpaired) electrons. The van der Waals surface area contributed by atoms with Gasteiger partial charge in [-0.05, 0) is 12.3 Å². The van der Waals surface area contributed by atoms with Crippen LogP contribution in [0.25, 0.3) is 0 Å². The molecule has 1 rings (SSSR count). The highest BCUT2D eigenvalue weighted by Gasteiger charge is 2.22. The lowest BCUT2D eigenvalue weighted by Crippen LogP contribution is -2.07. The number of hydrogen-bond donors (Lipinski definition) is 0. The van der Waals surface area contributed by atoms with Gasteiger partial charge in [0.25, 0.3) is 0 Å². The summed E-state index contributed by atoms with van der Waals surface area (Å²) >= 11 is 17.3. The fraction of sp³-hybridized carbons (Fsp3) is 0.800. The van der Waals surface area contributed by atoms with Crippen molar-refractivity contribution in [1.29, 1.82) is 0 Å². The Morgan fingerprint density at radius 3 is 2.21 bits per heavy atom. The minimum atomic E-state index is -2.41. The minimum Gasteiger partial charge on any atom is -0.126 e. The van der Waals surface area contributed by atoms with Gasteiger partial charge in [-0.25, -0.2) is 0 Å². The number of hydrogen-bond acceptors (Lipinski definition) is 0. The van der Waals surface area contributed by atoms with Crippen LogP contribution in [0.15, 0.2) is 12.2 Å². The Morgan fingerprint density at radius 2 is 1.64 bits per heavy atom. The zero-order valence-corrected chi connectivity index (χ0v) is 11.6. The van der Waals surface area contributed by atoms with E-state index in [4.69, 9.17) is 33.2 Å². The van der Waals surface area contributed by atoms with E-state index in [1.807, 2.05) is 6.08 Å². The van der Waals surface area contributed by atoms with Crippen molar-refractivity contribution in [3.05, 3.63) is 12.2 Å². The molecule has 1 aliphatic rings. The molecule has 14 heavy (non-hydrogen) atoms. The first kappa shape index (κ1) is 12.9. The Hall–Kier alpha value is 0.827. The standard InChI is InChI=1S/C10H17Cl3Si/c11-14(12,13)9-5-4-8-10-6-2-1-3-7-10/h4-5,10H,1-3,6-9H2/b5-4-. The smallest absolute Gasteiger partial charge is 0.126 e. The van der Waals surface area contributed by atoms with Gasteiger partial charge in [0.1, 0.15) is 0 Å². The van der Waals surface area contributed by atoms with Gasteiger partial charge in [-0.1, -0.05) is 44.3 Å². The Bertz CT molecular complexity index is 180. The second-order valence-electron chi connectivity index (χ2n) is 4.03. The molecule has 0 heterocycles. The van der Waals surface area contributed by atoms with Crippen molar-refractivity contribution in [3.63, 3.8) is 0 Å². The number of halogens is 3. The maximum atomic E-state index is 5.77. The summed E-state index contributed by atoms with van der Waals surface area (Å²) in [5.41, 5.74) is 0. The predicted molar refractivity (Wildman–Crippen MR) is 68.5 cm³/mol. The van der Waals surface area contributed by atoms with Crippen molar-refractivity contribution in [2.24, 2.45) is 5.92 Å². The molecule has 0 saturated heterocycles. The van der Waals surface area contributed by atoms with Gasteiger partial charge in [0, 0.05) is 6.04 Å². The molecule has 0 unspecified atom stereocenters. The summed E-state index contributed by atoms with van der Waals surface area (Å²) in [6.07, 6.45) is 12.4. The van der Waals surface area contributed by atoms with Crippen LogP contribution >= 0.6 is 33.2 Å². The molecule has 1 fully saturated rings. The largest absolute Gasteiger partial charge is 0.344 e. The molecule has 0 aromatic rings. The average Bonchev–Trinajstić information content (AvgIpc) is 2.13. The third kappa shape index (κ3) is 6.34. The van der Waals surface area contributed by atoms with Gasteiger partial charge in [-0.15, -0.1) is 33.2 Å². The molecule has 0 N–H and O–H groups in total. The summed E-state index contributed by atoms with van der Waals surface area (Å²) in [7, 11) is 0. The van der Waals surface area contributed by atoms with Crippen molar-refractivity contribution in [1.82, 2.24) is 0 Å². The van der Waals surface area contributed by atoms with Crippen LogP contribution in [0.4, 0.5) is 0 Å². The van der Waals surface area contributed by atoms with Crippen LogP contribution in [0, 0.1) is 5.92 Å². The summed E-state index contributed by atoms with van der Waals surface area (Å²) in [4.78, 5) is 0. The monoisotopic (exact) mass is 270 g/mol. The first-order valence-electron chi connectivity index (χ1n) is 5.30. The molecule has 0 nitrogen and oxygen atoms in total. The Balaban J connectivity index is 2.12. The van der Waals surface area contributed by atoms with Gasteiger partial charge >= 0.3 is 6.00 Å². The summed E-state index contributed by atoms with van der Waals surface area (Å²) < 4.78 is 0. The zero-order valence-electron chi connectivity index (χ0n) is 8.32. The fourth-order valence-electron chi connectivity index (χ4n) is 1.93. The Labute approximate surface area is 102 Å². The quantitative estimate of drug-likeness (QED) is 0.376. The average molecular weight is 272 g/mol. The Kier molecular flexibility index (Phi) is 5.91. The van der Waals surface area contributed by atoms with Gasteiger partial charge in [-0.3, -0.25) is 0 Å². The van der Waals surface area contributed by atoms with Crippen LogP contribution in [-0.4, -0.2) is 6.00 Å². The second kappa shape index (κ2) is 6.42. The molecule has 82 valence electrons. The third-order valence-corrected chi connectivity index (χ3v) is 4.80. The highest BCUT2D eigenvalue weighted by Crippen LogP contribution is 2.28. The number of allylic oxidation sites excluding steroid dienone is 2. The lowest BCUT2D eigenvalue weighted by Gasteiger charge is -2.19. The summed E-state index contributed by atoms with van der Waals surface area (Å²) in [5, 5.41) is 0. The minimum absolute atomic E-state index is 0.657. The van der Waals surface area contributed by atoms with Crippen LogP contribution in [0.3, 0.4) is 0 Å². The predicted octanol–water partition coefficient (Wildman–Crippen LogP) is 5.17. The van der Waals surface area contributed by atoms with Crippen molar-refractivity contribution in [2.45, 2.75) is 44.6 Å². The van der Waals surface area contributed by atoms with Gasteiger partial charge in [0.2, 0.25) is 0 Å². The summed E-state index contributed by atoms with van der Waals surface area (Å²) in [6, 6.07) is -1.76. The molecule has 4 heteroatoms. The van der Waals surface area contributed by atoms with E-state index in [0.717, 1.165) is 5.92 Å². The van der Waals surface area contributed by atoms with E-state index < -0.39 is 6.00 Å². The van der Waals surface area contributed by atoms with Gasteiger partial charge in [0.15, 0.2) is 0 Å². The maximum Gasteiger partial charge on any atom is 0.344 e. The van der Waals surface area contributed by atoms with E-state index in [1.54, 1.807) is 0 Å². The van der Waals surface area contributed by atoms with E-state index >= 15 is 0 Å². The topological polar surface area (TPSA) is 0 Å². The normalized spacial score (nSPS) is 20.5. The molecule has 0 amide bonds. The molecular weight excluding hydrogens is 255 g/mol. The molecule has 1 aliphatic carbocycles. The third-order valence-electron chi connectivity index (χ3n) is 2.71. The second-order valence-corrected chi connectivity index (χ2v) is 13.2. The van der Waals surface area contributed by atoms with Gasteiger partial charge < -0.3 is 0 Å². The fourth-order valence-corrected chi connectivity index (χ4v) is 3.16. The molecule has 0 bridgehead atoms. The highest BCUT2D eigenvalue weighted by molar-refractivity contribution is 7.64. The van der Waals surface area contributed by atoms with E-state index in [9.17, 15) is 0 Å². The maximum absolute atomic E-state index is 5.77. The lowest BCUT2D eigenvalue weighted by molar-refractivity contribution is 0.361. The molecule has 0 aromatic heterocycles. The number of rotatable bonds is 4. The lowest BCUT2D eigenvalue weighted by atomic mass is 9.87.